The van der Waals surface area contributed by atoms with Crippen LogP contribution in [-0.4, -0.2) is 47.9 Å². The van der Waals surface area contributed by atoms with Gasteiger partial charge in [-0.3, -0.25) is 4.99 Å². The van der Waals surface area contributed by atoms with Gasteiger partial charge < -0.3 is 25.0 Å². The van der Waals surface area contributed by atoms with Crippen molar-refractivity contribution in [1.29, 1.82) is 0 Å². The summed E-state index contributed by atoms with van der Waals surface area (Å²) in [4.78, 5) is 6.42. The molecule has 0 aliphatic heterocycles. The van der Waals surface area contributed by atoms with Gasteiger partial charge in [-0.2, -0.15) is 0 Å². The van der Waals surface area contributed by atoms with Crippen LogP contribution in [-0.2, 0) is 13.0 Å². The number of methoxy groups -OCH3 is 2. The molecule has 0 saturated carbocycles. The lowest BCUT2D eigenvalue weighted by Crippen LogP contribution is -2.38. The van der Waals surface area contributed by atoms with Crippen LogP contribution in [0.15, 0.2) is 41.4 Å². The molecule has 2 aromatic carbocycles. The van der Waals surface area contributed by atoms with E-state index in [4.69, 9.17) is 9.47 Å². The Bertz CT molecular complexity index is 803. The van der Waals surface area contributed by atoms with Crippen LogP contribution in [0.4, 0.5) is 5.69 Å². The Balaban J connectivity index is 1.87. The lowest BCUT2D eigenvalue weighted by molar-refractivity contribution is 0.354. The first kappa shape index (κ1) is 21.4. The van der Waals surface area contributed by atoms with Crippen LogP contribution >= 0.6 is 0 Å². The molecule has 2 rings (SSSR count). The van der Waals surface area contributed by atoms with Gasteiger partial charge in [0.15, 0.2) is 17.5 Å². The van der Waals surface area contributed by atoms with Gasteiger partial charge in [0.05, 0.1) is 14.2 Å². The predicted octanol–water partition coefficient (Wildman–Crippen LogP) is 2.99. The van der Waals surface area contributed by atoms with Crippen LogP contribution < -0.4 is 25.0 Å². The summed E-state index contributed by atoms with van der Waals surface area (Å²) in [5.74, 6) is 2.28. The molecule has 0 spiro atoms. The molecule has 28 heavy (non-hydrogen) atoms. The number of ether oxygens (including phenoxy) is 2. The third kappa shape index (κ3) is 5.81. The molecule has 6 heteroatoms. The average Bonchev–Trinajstić information content (AvgIpc) is 2.70. The Morgan fingerprint density at radius 3 is 2.36 bits per heavy atom. The Morgan fingerprint density at radius 2 is 1.75 bits per heavy atom. The van der Waals surface area contributed by atoms with E-state index in [1.807, 2.05) is 12.1 Å². The maximum Gasteiger partial charge on any atom is 0.191 e. The molecule has 0 amide bonds. The SMILES string of the molecule is CN=C(NCCc1ccc(OC)c(OC)c1)NCc1ccc(N(C)C)cc1C. The van der Waals surface area contributed by atoms with Crippen molar-refractivity contribution in [3.05, 3.63) is 53.1 Å². The van der Waals surface area contributed by atoms with E-state index < -0.39 is 0 Å². The molecule has 0 atom stereocenters. The highest BCUT2D eigenvalue weighted by atomic mass is 16.5. The van der Waals surface area contributed by atoms with Gasteiger partial charge in [-0.15, -0.1) is 0 Å². The summed E-state index contributed by atoms with van der Waals surface area (Å²) in [6.45, 7) is 3.64. The van der Waals surface area contributed by atoms with Crippen molar-refractivity contribution >= 4 is 11.6 Å². The molecule has 0 radical (unpaired) electrons. The number of guanidine groups is 1. The molecule has 0 saturated heterocycles. The van der Waals surface area contributed by atoms with Gasteiger partial charge in [0, 0.05) is 39.9 Å². The number of nitrogens with one attached hydrogen (secondary N) is 2. The van der Waals surface area contributed by atoms with Crippen molar-refractivity contribution in [2.75, 3.05) is 46.8 Å². The zero-order chi connectivity index (χ0) is 20.5. The van der Waals surface area contributed by atoms with E-state index in [0.717, 1.165) is 37.0 Å². The zero-order valence-corrected chi connectivity index (χ0v) is 17.8. The van der Waals surface area contributed by atoms with Gasteiger partial charge in [0.1, 0.15) is 0 Å². The number of benzene rings is 2. The van der Waals surface area contributed by atoms with E-state index >= 15 is 0 Å². The molecule has 2 N–H and O–H groups in total. The van der Waals surface area contributed by atoms with Gasteiger partial charge in [-0.05, 0) is 54.3 Å². The summed E-state index contributed by atoms with van der Waals surface area (Å²) in [6, 6.07) is 12.5. The summed E-state index contributed by atoms with van der Waals surface area (Å²) in [6.07, 6.45) is 0.859. The van der Waals surface area contributed by atoms with Crippen molar-refractivity contribution in [2.45, 2.75) is 19.9 Å². The highest BCUT2D eigenvalue weighted by Crippen LogP contribution is 2.27. The average molecular weight is 385 g/mol. The maximum absolute atomic E-state index is 5.36. The van der Waals surface area contributed by atoms with Crippen molar-refractivity contribution in [2.24, 2.45) is 4.99 Å². The fraction of sp³-hybridized carbons (Fsp3) is 0.409. The summed E-state index contributed by atoms with van der Waals surface area (Å²) >= 11 is 0. The minimum atomic E-state index is 0.732. The van der Waals surface area contributed by atoms with E-state index in [1.165, 1.54) is 22.4 Å². The second kappa shape index (κ2) is 10.4. The Hall–Kier alpha value is -2.89. The number of anilines is 1. The van der Waals surface area contributed by atoms with E-state index in [1.54, 1.807) is 21.3 Å². The summed E-state index contributed by atoms with van der Waals surface area (Å²) in [7, 11) is 9.19. The minimum absolute atomic E-state index is 0.732. The Labute approximate surface area is 168 Å². The van der Waals surface area contributed by atoms with Gasteiger partial charge in [0.25, 0.3) is 0 Å². The smallest absolute Gasteiger partial charge is 0.191 e. The third-order valence-corrected chi connectivity index (χ3v) is 4.67. The fourth-order valence-electron chi connectivity index (χ4n) is 2.92. The largest absolute Gasteiger partial charge is 0.493 e. The van der Waals surface area contributed by atoms with Gasteiger partial charge in [0.2, 0.25) is 0 Å². The highest BCUT2D eigenvalue weighted by molar-refractivity contribution is 5.79. The molecular formula is C22H32N4O2. The van der Waals surface area contributed by atoms with Crippen LogP contribution in [0, 0.1) is 6.92 Å². The number of hydrogen-bond donors (Lipinski definition) is 2. The Kier molecular flexibility index (Phi) is 7.99. The first-order chi connectivity index (χ1) is 13.5. The standard InChI is InChI=1S/C22H32N4O2/c1-16-13-19(26(3)4)9-8-18(16)15-25-22(23-2)24-12-11-17-7-10-20(27-5)21(14-17)28-6/h7-10,13-14H,11-12,15H2,1-6H3,(H2,23,24,25). The monoisotopic (exact) mass is 384 g/mol. The normalized spacial score (nSPS) is 11.1. The second-order valence-corrected chi connectivity index (χ2v) is 6.80. The molecule has 152 valence electrons. The zero-order valence-electron chi connectivity index (χ0n) is 17.8. The number of hydrogen-bond acceptors (Lipinski definition) is 4. The first-order valence-electron chi connectivity index (χ1n) is 9.40. The van der Waals surface area contributed by atoms with Crippen LogP contribution in [0.2, 0.25) is 0 Å². The van der Waals surface area contributed by atoms with Gasteiger partial charge in [-0.25, -0.2) is 0 Å². The molecule has 0 bridgehead atoms. The Morgan fingerprint density at radius 1 is 1.00 bits per heavy atom. The van der Waals surface area contributed by atoms with Crippen LogP contribution in [0.1, 0.15) is 16.7 Å². The topological polar surface area (TPSA) is 58.1 Å². The summed E-state index contributed by atoms with van der Waals surface area (Å²) in [5, 5.41) is 6.74. The minimum Gasteiger partial charge on any atom is -0.493 e. The van der Waals surface area contributed by atoms with Crippen LogP contribution in [0.5, 0.6) is 11.5 Å². The summed E-state index contributed by atoms with van der Waals surface area (Å²) in [5.41, 5.74) is 4.90. The van der Waals surface area contributed by atoms with E-state index in [9.17, 15) is 0 Å². The molecule has 0 heterocycles. The van der Waals surface area contributed by atoms with E-state index in [2.05, 4.69) is 65.8 Å². The third-order valence-electron chi connectivity index (χ3n) is 4.67. The number of aryl methyl sites for hydroxylation is 1. The lowest BCUT2D eigenvalue weighted by atomic mass is 10.1. The van der Waals surface area contributed by atoms with E-state index in [0.29, 0.717) is 0 Å². The molecule has 0 aliphatic carbocycles. The molecule has 0 aliphatic rings. The van der Waals surface area contributed by atoms with Gasteiger partial charge >= 0.3 is 0 Å². The predicted molar refractivity (Wildman–Crippen MR) is 117 cm³/mol. The van der Waals surface area contributed by atoms with Crippen LogP contribution in [0.3, 0.4) is 0 Å². The molecule has 0 aromatic heterocycles. The fourth-order valence-corrected chi connectivity index (χ4v) is 2.92. The van der Waals surface area contributed by atoms with Crippen LogP contribution in [0.25, 0.3) is 0 Å². The molecule has 0 unspecified atom stereocenters. The van der Waals surface area contributed by atoms with Crippen molar-refractivity contribution in [1.82, 2.24) is 10.6 Å². The second-order valence-electron chi connectivity index (χ2n) is 6.80. The molecule has 2 aromatic rings. The van der Waals surface area contributed by atoms with Gasteiger partial charge in [-0.1, -0.05) is 12.1 Å². The molecule has 6 nitrogen and oxygen atoms in total. The van der Waals surface area contributed by atoms with E-state index in [-0.39, 0.29) is 0 Å². The first-order valence-corrected chi connectivity index (χ1v) is 9.40. The van der Waals surface area contributed by atoms with Crippen molar-refractivity contribution < 1.29 is 9.47 Å². The lowest BCUT2D eigenvalue weighted by Gasteiger charge is -2.17. The summed E-state index contributed by atoms with van der Waals surface area (Å²) < 4.78 is 10.6. The van der Waals surface area contributed by atoms with Crippen molar-refractivity contribution in [3.8, 4) is 11.5 Å². The van der Waals surface area contributed by atoms with Crippen molar-refractivity contribution in [3.63, 3.8) is 0 Å². The number of rotatable bonds is 8. The number of nitrogens with zero attached hydrogens (tertiary/aromatic N) is 2. The molecular weight excluding hydrogens is 352 g/mol. The number of aliphatic imine (C=N–C) groups is 1. The quantitative estimate of drug-likeness (QED) is 0.541. The highest BCUT2D eigenvalue weighted by Gasteiger charge is 2.06. The maximum atomic E-state index is 5.36. The molecule has 0 fully saturated rings.